The molecule has 1 fully saturated rings. The Morgan fingerprint density at radius 2 is 1.80 bits per heavy atom. The lowest BCUT2D eigenvalue weighted by molar-refractivity contribution is -0.139. The van der Waals surface area contributed by atoms with Crippen LogP contribution in [0.5, 0.6) is 0 Å². The maximum absolute atomic E-state index is 10.8. The highest BCUT2D eigenvalue weighted by atomic mass is 16.4. The van der Waals surface area contributed by atoms with Crippen molar-refractivity contribution >= 4 is 11.9 Å². The summed E-state index contributed by atoms with van der Waals surface area (Å²) in [5, 5.41) is 8.73. The smallest absolute Gasteiger partial charge is 0.317 e. The van der Waals surface area contributed by atoms with Crippen LogP contribution in [-0.4, -0.2) is 41.0 Å². The quantitative estimate of drug-likeness (QED) is 0.684. The summed E-state index contributed by atoms with van der Waals surface area (Å²) in [4.78, 5) is 23.1. The van der Waals surface area contributed by atoms with Gasteiger partial charge in [-0.05, 0) is 12.8 Å². The molecular formula is C10H18N2O3. The van der Waals surface area contributed by atoms with Gasteiger partial charge in [-0.3, -0.25) is 14.5 Å². The van der Waals surface area contributed by atoms with Gasteiger partial charge >= 0.3 is 5.97 Å². The Labute approximate surface area is 89.2 Å². The second-order valence-electron chi connectivity index (χ2n) is 4.06. The Kier molecular flexibility index (Phi) is 4.55. The van der Waals surface area contributed by atoms with Gasteiger partial charge in [0.1, 0.15) is 0 Å². The molecular weight excluding hydrogens is 196 g/mol. The fourth-order valence-corrected chi connectivity index (χ4v) is 2.13. The zero-order chi connectivity index (χ0) is 11.3. The zero-order valence-electron chi connectivity index (χ0n) is 8.82. The zero-order valence-corrected chi connectivity index (χ0v) is 8.82. The van der Waals surface area contributed by atoms with Crippen LogP contribution in [0.4, 0.5) is 0 Å². The van der Waals surface area contributed by atoms with Gasteiger partial charge in [0, 0.05) is 6.04 Å². The Bertz CT molecular complexity index is 221. The van der Waals surface area contributed by atoms with E-state index in [-0.39, 0.29) is 19.1 Å². The Morgan fingerprint density at radius 3 is 2.27 bits per heavy atom. The highest BCUT2D eigenvalue weighted by Crippen LogP contribution is 2.22. The predicted molar refractivity (Wildman–Crippen MR) is 55.3 cm³/mol. The van der Waals surface area contributed by atoms with Crippen LogP contribution < -0.4 is 5.73 Å². The van der Waals surface area contributed by atoms with Crippen molar-refractivity contribution in [3.8, 4) is 0 Å². The van der Waals surface area contributed by atoms with E-state index in [1.165, 1.54) is 6.42 Å². The van der Waals surface area contributed by atoms with Crippen molar-refractivity contribution in [1.82, 2.24) is 4.90 Å². The molecule has 1 amide bonds. The number of carbonyl (C=O) groups excluding carboxylic acids is 1. The van der Waals surface area contributed by atoms with Crippen LogP contribution >= 0.6 is 0 Å². The molecule has 0 aromatic rings. The van der Waals surface area contributed by atoms with Gasteiger partial charge in [0.05, 0.1) is 13.1 Å². The number of hydrogen-bond donors (Lipinski definition) is 2. The molecule has 0 radical (unpaired) electrons. The molecule has 0 saturated heterocycles. The van der Waals surface area contributed by atoms with Crippen molar-refractivity contribution in [2.75, 3.05) is 13.1 Å². The SMILES string of the molecule is NC(=O)CN(CC(=O)O)C1CCCCC1. The van der Waals surface area contributed by atoms with E-state index in [0.717, 1.165) is 25.7 Å². The van der Waals surface area contributed by atoms with Gasteiger partial charge in [0.2, 0.25) is 5.91 Å². The van der Waals surface area contributed by atoms with Gasteiger partial charge in [-0.1, -0.05) is 19.3 Å². The van der Waals surface area contributed by atoms with Gasteiger partial charge in [0.15, 0.2) is 0 Å². The maximum atomic E-state index is 10.8. The highest BCUT2D eigenvalue weighted by Gasteiger charge is 2.23. The molecule has 1 saturated carbocycles. The van der Waals surface area contributed by atoms with Crippen molar-refractivity contribution in [3.63, 3.8) is 0 Å². The number of aliphatic carboxylic acids is 1. The minimum Gasteiger partial charge on any atom is -0.480 e. The summed E-state index contributed by atoms with van der Waals surface area (Å²) >= 11 is 0. The van der Waals surface area contributed by atoms with Crippen molar-refractivity contribution in [3.05, 3.63) is 0 Å². The number of nitrogens with zero attached hydrogens (tertiary/aromatic N) is 1. The van der Waals surface area contributed by atoms with E-state index in [1.807, 2.05) is 0 Å². The van der Waals surface area contributed by atoms with Crippen LogP contribution in [-0.2, 0) is 9.59 Å². The van der Waals surface area contributed by atoms with E-state index >= 15 is 0 Å². The van der Waals surface area contributed by atoms with E-state index in [1.54, 1.807) is 4.90 Å². The minimum absolute atomic E-state index is 0.0525. The number of primary amides is 1. The fraction of sp³-hybridized carbons (Fsp3) is 0.800. The van der Waals surface area contributed by atoms with Gasteiger partial charge in [0.25, 0.3) is 0 Å². The summed E-state index contributed by atoms with van der Waals surface area (Å²) in [6, 6.07) is 0.211. The topological polar surface area (TPSA) is 83.6 Å². The van der Waals surface area contributed by atoms with Crippen molar-refractivity contribution in [2.24, 2.45) is 5.73 Å². The lowest BCUT2D eigenvalue weighted by Gasteiger charge is -2.32. The molecule has 0 bridgehead atoms. The molecule has 5 heteroatoms. The van der Waals surface area contributed by atoms with E-state index in [4.69, 9.17) is 10.8 Å². The van der Waals surface area contributed by atoms with Crippen LogP contribution in [0.1, 0.15) is 32.1 Å². The van der Waals surface area contributed by atoms with Gasteiger partial charge in [-0.2, -0.15) is 0 Å². The summed E-state index contributed by atoms with van der Waals surface area (Å²) in [6.07, 6.45) is 5.37. The molecule has 0 aromatic carbocycles. The molecule has 0 heterocycles. The molecule has 0 aliphatic heterocycles. The standard InChI is InChI=1S/C10H18N2O3/c11-9(13)6-12(7-10(14)15)8-4-2-1-3-5-8/h8H,1-7H2,(H2,11,13)(H,14,15). The summed E-state index contributed by atoms with van der Waals surface area (Å²) in [6.45, 7) is -0.0371. The number of nitrogens with two attached hydrogens (primary N) is 1. The van der Waals surface area contributed by atoms with Crippen LogP contribution in [0.25, 0.3) is 0 Å². The minimum atomic E-state index is -0.901. The lowest BCUT2D eigenvalue weighted by Crippen LogP contribution is -2.44. The average molecular weight is 214 g/mol. The fourth-order valence-electron chi connectivity index (χ4n) is 2.13. The number of carboxylic acids is 1. The molecule has 5 nitrogen and oxygen atoms in total. The number of rotatable bonds is 5. The molecule has 1 aliphatic carbocycles. The van der Waals surface area contributed by atoms with Gasteiger partial charge in [-0.25, -0.2) is 0 Å². The number of amides is 1. The van der Waals surface area contributed by atoms with Crippen molar-refractivity contribution in [1.29, 1.82) is 0 Å². The first-order valence-corrected chi connectivity index (χ1v) is 5.33. The molecule has 1 aliphatic rings. The van der Waals surface area contributed by atoms with E-state index in [9.17, 15) is 9.59 Å². The second-order valence-corrected chi connectivity index (χ2v) is 4.06. The first kappa shape index (κ1) is 12.0. The maximum Gasteiger partial charge on any atom is 0.317 e. The molecule has 0 aromatic heterocycles. The molecule has 3 N–H and O–H groups in total. The van der Waals surface area contributed by atoms with Crippen LogP contribution in [0.15, 0.2) is 0 Å². The van der Waals surface area contributed by atoms with Gasteiger partial charge < -0.3 is 10.8 Å². The first-order chi connectivity index (χ1) is 7.09. The number of carbonyl (C=O) groups is 2. The summed E-state index contributed by atoms with van der Waals surface area (Å²) in [7, 11) is 0. The third kappa shape index (κ3) is 4.29. The Hall–Kier alpha value is -1.10. The lowest BCUT2D eigenvalue weighted by atomic mass is 9.94. The third-order valence-electron chi connectivity index (χ3n) is 2.79. The first-order valence-electron chi connectivity index (χ1n) is 5.33. The summed E-state index contributed by atoms with van der Waals surface area (Å²) in [5.74, 6) is -1.36. The van der Waals surface area contributed by atoms with Crippen LogP contribution in [0.2, 0.25) is 0 Å². The van der Waals surface area contributed by atoms with Crippen LogP contribution in [0.3, 0.4) is 0 Å². The van der Waals surface area contributed by atoms with Crippen molar-refractivity contribution < 1.29 is 14.7 Å². The molecule has 0 spiro atoms. The second kappa shape index (κ2) is 5.70. The molecule has 86 valence electrons. The van der Waals surface area contributed by atoms with E-state index < -0.39 is 11.9 Å². The normalized spacial score (nSPS) is 17.9. The van der Waals surface area contributed by atoms with Gasteiger partial charge in [-0.15, -0.1) is 0 Å². The molecule has 0 atom stereocenters. The highest BCUT2D eigenvalue weighted by molar-refractivity contribution is 5.77. The molecule has 1 rings (SSSR count). The summed E-state index contributed by atoms with van der Waals surface area (Å²) < 4.78 is 0. The monoisotopic (exact) mass is 214 g/mol. The van der Waals surface area contributed by atoms with Crippen molar-refractivity contribution in [2.45, 2.75) is 38.1 Å². The Morgan fingerprint density at radius 1 is 1.20 bits per heavy atom. The largest absolute Gasteiger partial charge is 0.480 e. The molecule has 0 unspecified atom stereocenters. The van der Waals surface area contributed by atoms with E-state index in [0.29, 0.717) is 0 Å². The third-order valence-corrected chi connectivity index (χ3v) is 2.79. The average Bonchev–Trinajstić information content (AvgIpc) is 2.17. The summed E-state index contributed by atoms with van der Waals surface area (Å²) in [5.41, 5.74) is 5.10. The molecule has 15 heavy (non-hydrogen) atoms. The van der Waals surface area contributed by atoms with E-state index in [2.05, 4.69) is 0 Å². The number of hydrogen-bond acceptors (Lipinski definition) is 3. The van der Waals surface area contributed by atoms with Crippen LogP contribution in [0, 0.1) is 0 Å². The Balaban J connectivity index is 2.52. The number of carboxylic acid groups (broad SMARTS) is 1. The predicted octanol–water partition coefficient (Wildman–Crippen LogP) is 0.191.